The quantitative estimate of drug-likeness (QED) is 0.570. The molecule has 0 aliphatic rings. The van der Waals surface area contributed by atoms with Crippen molar-refractivity contribution in [2.45, 2.75) is 33.1 Å². The molecular formula is C16H22N2O3. The first kappa shape index (κ1) is 16.9. The fourth-order valence-corrected chi connectivity index (χ4v) is 1.87. The number of nitrogens with zero attached hydrogens (tertiary/aromatic N) is 1. The molecule has 0 saturated carbocycles. The highest BCUT2D eigenvalue weighted by Crippen LogP contribution is 2.08. The molecule has 114 valence electrons. The minimum absolute atomic E-state index is 0.249. The number of amides is 1. The zero-order chi connectivity index (χ0) is 15.7. The maximum Gasteiger partial charge on any atom is 0.328 e. The van der Waals surface area contributed by atoms with Crippen LogP contribution in [0.15, 0.2) is 24.4 Å². The number of hydrogen-bond acceptors (Lipinski definition) is 3. The number of hydrogen-bond donors (Lipinski definition) is 2. The predicted octanol–water partition coefficient (Wildman–Crippen LogP) is 2.74. The maximum atomic E-state index is 12.1. The monoisotopic (exact) mass is 290 g/mol. The molecule has 0 aromatic carbocycles. The molecule has 0 bridgehead atoms. The summed E-state index contributed by atoms with van der Waals surface area (Å²) < 4.78 is 0. The van der Waals surface area contributed by atoms with Gasteiger partial charge in [-0.2, -0.15) is 0 Å². The van der Waals surface area contributed by atoms with Crippen LogP contribution >= 0.6 is 0 Å². The molecule has 0 spiro atoms. The molecule has 5 nitrogen and oxygen atoms in total. The molecule has 21 heavy (non-hydrogen) atoms. The summed E-state index contributed by atoms with van der Waals surface area (Å²) in [6.45, 7) is 4.95. The van der Waals surface area contributed by atoms with Gasteiger partial charge in [-0.15, -0.1) is 0 Å². The lowest BCUT2D eigenvalue weighted by molar-refractivity contribution is -0.131. The number of unbranched alkanes of at least 4 members (excludes halogenated alkanes) is 1. The third-order valence-electron chi connectivity index (χ3n) is 2.95. The molecule has 0 aliphatic carbocycles. The summed E-state index contributed by atoms with van der Waals surface area (Å²) in [6.07, 6.45) is 7.04. The number of pyridine rings is 1. The normalized spacial score (nSPS) is 11.0. The van der Waals surface area contributed by atoms with E-state index in [4.69, 9.17) is 5.11 Å². The summed E-state index contributed by atoms with van der Waals surface area (Å²) in [5, 5.41) is 11.5. The molecule has 0 fully saturated rings. The highest BCUT2D eigenvalue weighted by atomic mass is 16.4. The van der Waals surface area contributed by atoms with Crippen molar-refractivity contribution in [3.05, 3.63) is 35.7 Å². The van der Waals surface area contributed by atoms with Crippen LogP contribution in [0.4, 0.5) is 0 Å². The molecule has 1 rings (SSSR count). The Hall–Kier alpha value is -2.17. The van der Waals surface area contributed by atoms with Crippen molar-refractivity contribution in [3.8, 4) is 0 Å². The lowest BCUT2D eigenvalue weighted by atomic mass is 10.1. The van der Waals surface area contributed by atoms with Gasteiger partial charge in [0.15, 0.2) is 0 Å². The van der Waals surface area contributed by atoms with Crippen LogP contribution < -0.4 is 5.32 Å². The second kappa shape index (κ2) is 8.89. The lowest BCUT2D eigenvalue weighted by Gasteiger charge is -2.07. The molecule has 2 N–H and O–H groups in total. The van der Waals surface area contributed by atoms with Crippen molar-refractivity contribution in [3.63, 3.8) is 0 Å². The van der Waals surface area contributed by atoms with Crippen LogP contribution in [0.2, 0.25) is 0 Å². The van der Waals surface area contributed by atoms with E-state index in [1.165, 1.54) is 12.3 Å². The molecule has 0 unspecified atom stereocenters. The van der Waals surface area contributed by atoms with Crippen LogP contribution in [0.5, 0.6) is 0 Å². The van der Waals surface area contributed by atoms with Crippen LogP contribution in [0.3, 0.4) is 0 Å². The van der Waals surface area contributed by atoms with E-state index in [0.717, 1.165) is 25.3 Å². The number of carbonyl (C=O) groups is 2. The van der Waals surface area contributed by atoms with Gasteiger partial charge in [-0.1, -0.05) is 32.8 Å². The van der Waals surface area contributed by atoms with E-state index < -0.39 is 5.97 Å². The molecule has 0 aliphatic heterocycles. The van der Waals surface area contributed by atoms with Crippen molar-refractivity contribution in [2.75, 3.05) is 6.54 Å². The van der Waals surface area contributed by atoms with Gasteiger partial charge in [0.05, 0.1) is 0 Å². The summed E-state index contributed by atoms with van der Waals surface area (Å²) >= 11 is 0. The number of carboxylic acid groups (broad SMARTS) is 1. The molecule has 1 aromatic heterocycles. The Labute approximate surface area is 125 Å². The number of carbonyl (C=O) groups excluding carboxylic acids is 1. The number of aromatic nitrogens is 1. The number of carboxylic acids is 1. The van der Waals surface area contributed by atoms with Crippen LogP contribution in [0.25, 0.3) is 6.08 Å². The first-order chi connectivity index (χ1) is 10.0. The maximum absolute atomic E-state index is 12.1. The van der Waals surface area contributed by atoms with Crippen LogP contribution in [0.1, 0.15) is 49.2 Å². The highest BCUT2D eigenvalue weighted by Gasteiger charge is 2.10. The van der Waals surface area contributed by atoms with Gasteiger partial charge in [0.1, 0.15) is 5.69 Å². The first-order valence-corrected chi connectivity index (χ1v) is 7.15. The third kappa shape index (κ3) is 6.70. The fraction of sp³-hybridized carbons (Fsp3) is 0.438. The van der Waals surface area contributed by atoms with E-state index in [2.05, 4.69) is 24.1 Å². The Balaban J connectivity index is 2.56. The average Bonchev–Trinajstić information content (AvgIpc) is 2.44. The zero-order valence-electron chi connectivity index (χ0n) is 12.5. The molecule has 0 radical (unpaired) electrons. The van der Waals surface area contributed by atoms with Crippen LogP contribution in [-0.4, -0.2) is 28.5 Å². The van der Waals surface area contributed by atoms with Gasteiger partial charge in [0.2, 0.25) is 0 Å². The minimum Gasteiger partial charge on any atom is -0.478 e. The standard InChI is InChI=1S/C16H22N2O3/c1-12(2)6-3-4-10-18-16(21)15-13(7-5-11-17-15)8-9-14(19)20/h5,7-9,11-12H,3-4,6,10H2,1-2H3,(H,18,21)(H,19,20)/b9-8+. The Morgan fingerprint density at radius 1 is 1.38 bits per heavy atom. The number of aliphatic carboxylic acids is 1. The molecule has 0 atom stereocenters. The van der Waals surface area contributed by atoms with Crippen molar-refractivity contribution in [1.82, 2.24) is 10.3 Å². The largest absolute Gasteiger partial charge is 0.478 e. The van der Waals surface area contributed by atoms with E-state index in [0.29, 0.717) is 18.0 Å². The molecule has 1 aromatic rings. The second-order valence-electron chi connectivity index (χ2n) is 5.26. The Morgan fingerprint density at radius 2 is 2.14 bits per heavy atom. The molecule has 1 amide bonds. The van der Waals surface area contributed by atoms with Crippen LogP contribution in [-0.2, 0) is 4.79 Å². The van der Waals surface area contributed by atoms with E-state index in [-0.39, 0.29) is 11.6 Å². The molecular weight excluding hydrogens is 268 g/mol. The molecule has 1 heterocycles. The molecule has 0 saturated heterocycles. The van der Waals surface area contributed by atoms with E-state index in [1.54, 1.807) is 12.1 Å². The minimum atomic E-state index is -1.06. The zero-order valence-corrected chi connectivity index (χ0v) is 12.5. The van der Waals surface area contributed by atoms with E-state index >= 15 is 0 Å². The lowest BCUT2D eigenvalue weighted by Crippen LogP contribution is -2.26. The smallest absolute Gasteiger partial charge is 0.328 e. The SMILES string of the molecule is CC(C)CCCCNC(=O)c1ncccc1/C=C/C(=O)O. The Morgan fingerprint density at radius 3 is 2.81 bits per heavy atom. The van der Waals surface area contributed by atoms with Gasteiger partial charge in [0.25, 0.3) is 5.91 Å². The van der Waals surface area contributed by atoms with Gasteiger partial charge in [-0.05, 0) is 24.5 Å². The van der Waals surface area contributed by atoms with Crippen molar-refractivity contribution < 1.29 is 14.7 Å². The summed E-state index contributed by atoms with van der Waals surface area (Å²) in [5.41, 5.74) is 0.749. The van der Waals surface area contributed by atoms with Gasteiger partial charge < -0.3 is 10.4 Å². The summed E-state index contributed by atoms with van der Waals surface area (Å²) in [4.78, 5) is 26.6. The first-order valence-electron chi connectivity index (χ1n) is 7.15. The van der Waals surface area contributed by atoms with E-state index in [1.807, 2.05) is 0 Å². The summed E-state index contributed by atoms with van der Waals surface area (Å²) in [7, 11) is 0. The number of rotatable bonds is 8. The Bertz CT molecular complexity index is 510. The van der Waals surface area contributed by atoms with Gasteiger partial charge in [-0.25, -0.2) is 4.79 Å². The average molecular weight is 290 g/mol. The summed E-state index contributed by atoms with van der Waals surface area (Å²) in [5.74, 6) is -0.659. The van der Waals surface area contributed by atoms with Crippen molar-refractivity contribution in [1.29, 1.82) is 0 Å². The topological polar surface area (TPSA) is 79.3 Å². The Kier molecular flexibility index (Phi) is 7.15. The third-order valence-corrected chi connectivity index (χ3v) is 2.95. The fourth-order valence-electron chi connectivity index (χ4n) is 1.87. The molecule has 5 heteroatoms. The predicted molar refractivity (Wildman–Crippen MR) is 81.9 cm³/mol. The highest BCUT2D eigenvalue weighted by molar-refractivity contribution is 5.97. The van der Waals surface area contributed by atoms with Crippen molar-refractivity contribution >= 4 is 18.0 Å². The summed E-state index contributed by atoms with van der Waals surface area (Å²) in [6, 6.07) is 3.33. The second-order valence-corrected chi connectivity index (χ2v) is 5.26. The van der Waals surface area contributed by atoms with Gasteiger partial charge in [-0.3, -0.25) is 9.78 Å². The number of nitrogens with one attached hydrogen (secondary N) is 1. The van der Waals surface area contributed by atoms with E-state index in [9.17, 15) is 9.59 Å². The van der Waals surface area contributed by atoms with Gasteiger partial charge >= 0.3 is 5.97 Å². The van der Waals surface area contributed by atoms with Gasteiger partial charge in [0, 0.05) is 24.4 Å². The van der Waals surface area contributed by atoms with Crippen molar-refractivity contribution in [2.24, 2.45) is 5.92 Å². The van der Waals surface area contributed by atoms with Crippen LogP contribution in [0, 0.1) is 5.92 Å².